The molecule has 0 aliphatic carbocycles. The number of nitrogens with two attached hydrogens (primary N) is 1. The van der Waals surface area contributed by atoms with Gasteiger partial charge in [-0.05, 0) is 42.7 Å². The van der Waals surface area contributed by atoms with Crippen LogP contribution in [0.2, 0.25) is 0 Å². The molecule has 8 heteroatoms. The van der Waals surface area contributed by atoms with Crippen LogP contribution in [0.4, 0.5) is 5.95 Å². The van der Waals surface area contributed by atoms with Crippen LogP contribution in [0.15, 0.2) is 42.6 Å². The number of hydrogen-bond acceptors (Lipinski definition) is 8. The Morgan fingerprint density at radius 2 is 1.94 bits per heavy atom. The predicted octanol–water partition coefficient (Wildman–Crippen LogP) is 4.36. The van der Waals surface area contributed by atoms with Crippen LogP contribution in [0.5, 0.6) is 5.75 Å². The molecule has 4 rings (SSSR count). The Morgan fingerprint density at radius 3 is 2.68 bits per heavy atom. The van der Waals surface area contributed by atoms with E-state index in [1.807, 2.05) is 30.4 Å². The molecule has 0 spiro atoms. The second-order valence-electron chi connectivity index (χ2n) is 7.13. The summed E-state index contributed by atoms with van der Waals surface area (Å²) >= 11 is 1.63. The van der Waals surface area contributed by atoms with Gasteiger partial charge in [-0.25, -0.2) is 9.97 Å². The fraction of sp³-hybridized carbons (Fsp3) is 0.217. The van der Waals surface area contributed by atoms with Gasteiger partial charge in [-0.1, -0.05) is 24.3 Å². The lowest BCUT2D eigenvalue weighted by Gasteiger charge is -2.11. The summed E-state index contributed by atoms with van der Waals surface area (Å²) in [5.41, 5.74) is 11.7. The van der Waals surface area contributed by atoms with E-state index in [4.69, 9.17) is 10.5 Å². The molecule has 4 aromatic rings. The summed E-state index contributed by atoms with van der Waals surface area (Å²) in [5.74, 6) is 1.27. The van der Waals surface area contributed by atoms with Crippen LogP contribution in [-0.2, 0) is 6.54 Å². The number of thiazole rings is 1. The number of fused-ring (bicyclic) bond motifs is 1. The zero-order valence-corrected chi connectivity index (χ0v) is 18.5. The van der Waals surface area contributed by atoms with Crippen molar-refractivity contribution >= 4 is 33.6 Å². The maximum Gasteiger partial charge on any atom is 0.243 e. The minimum Gasteiger partial charge on any atom is -0.497 e. The molecule has 0 saturated heterocycles. The highest BCUT2D eigenvalue weighted by atomic mass is 32.1. The third-order valence-electron chi connectivity index (χ3n) is 4.85. The van der Waals surface area contributed by atoms with E-state index in [-0.39, 0.29) is 0 Å². The Hall–Kier alpha value is -3.36. The van der Waals surface area contributed by atoms with Crippen molar-refractivity contribution in [1.82, 2.24) is 20.2 Å². The molecule has 0 bridgehead atoms. The van der Waals surface area contributed by atoms with Gasteiger partial charge in [-0.3, -0.25) is 0 Å². The number of ether oxygens (including phenoxy) is 1. The van der Waals surface area contributed by atoms with Gasteiger partial charge in [-0.15, -0.1) is 16.4 Å². The van der Waals surface area contributed by atoms with E-state index in [2.05, 4.69) is 51.5 Å². The lowest BCUT2D eigenvalue weighted by molar-refractivity contribution is 0.415. The third kappa shape index (κ3) is 4.70. The highest BCUT2D eigenvalue weighted by Gasteiger charge is 2.11. The molecule has 0 radical (unpaired) electrons. The summed E-state index contributed by atoms with van der Waals surface area (Å²) in [6.45, 7) is 5.19. The van der Waals surface area contributed by atoms with Gasteiger partial charge in [0.1, 0.15) is 10.8 Å². The van der Waals surface area contributed by atoms with Gasteiger partial charge in [0.15, 0.2) is 0 Å². The first-order chi connectivity index (χ1) is 15.1. The molecular weight excluding hydrogens is 408 g/mol. The van der Waals surface area contributed by atoms with Crippen LogP contribution < -0.4 is 15.8 Å². The molecule has 158 valence electrons. The molecule has 7 nitrogen and oxygen atoms in total. The topological polar surface area (TPSA) is 98.8 Å². The third-order valence-corrected chi connectivity index (χ3v) is 5.89. The maximum absolute atomic E-state index is 5.57. The molecule has 3 N–H and O–H groups in total. The van der Waals surface area contributed by atoms with Crippen LogP contribution in [0, 0.1) is 13.8 Å². The van der Waals surface area contributed by atoms with Gasteiger partial charge in [-0.2, -0.15) is 5.10 Å². The number of benzene rings is 2. The SMILES string of the molecule is COc1ccc2sc(CNc3nncc(-c4c(C)cc(/C=C/CN)cc4C)n3)nc2c1. The van der Waals surface area contributed by atoms with Crippen molar-refractivity contribution in [3.8, 4) is 17.0 Å². The number of hydrogen-bond donors (Lipinski definition) is 2. The molecule has 0 amide bonds. The second kappa shape index (κ2) is 9.20. The molecule has 2 heterocycles. The summed E-state index contributed by atoms with van der Waals surface area (Å²) in [6, 6.07) is 10.1. The van der Waals surface area contributed by atoms with Crippen molar-refractivity contribution < 1.29 is 4.74 Å². The zero-order valence-electron chi connectivity index (χ0n) is 17.7. The van der Waals surface area contributed by atoms with Crippen molar-refractivity contribution in [3.63, 3.8) is 0 Å². The van der Waals surface area contributed by atoms with Crippen LogP contribution in [0.3, 0.4) is 0 Å². The standard InChI is InChI=1S/C23H24N6OS/c1-14-9-16(5-4-8-24)10-15(2)22(14)19-12-26-29-23(28-19)25-13-21-27-18-11-17(30-3)6-7-20(18)31-21/h4-7,9-12H,8,13,24H2,1-3H3,(H,25,28,29)/b5-4+. The van der Waals surface area contributed by atoms with Gasteiger partial charge in [0, 0.05) is 18.2 Å². The minimum absolute atomic E-state index is 0.472. The fourth-order valence-corrected chi connectivity index (χ4v) is 4.40. The van der Waals surface area contributed by atoms with E-state index in [1.165, 1.54) is 0 Å². The molecule has 2 aromatic carbocycles. The van der Waals surface area contributed by atoms with E-state index in [9.17, 15) is 0 Å². The van der Waals surface area contributed by atoms with Crippen molar-refractivity contribution in [2.45, 2.75) is 20.4 Å². The number of rotatable bonds is 7. The Balaban J connectivity index is 1.54. The highest BCUT2D eigenvalue weighted by Crippen LogP contribution is 2.28. The van der Waals surface area contributed by atoms with E-state index >= 15 is 0 Å². The number of nitrogens with zero attached hydrogens (tertiary/aromatic N) is 4. The molecule has 0 aliphatic heterocycles. The summed E-state index contributed by atoms with van der Waals surface area (Å²) in [6.07, 6.45) is 5.67. The quantitative estimate of drug-likeness (QED) is 0.448. The van der Waals surface area contributed by atoms with Crippen LogP contribution >= 0.6 is 11.3 Å². The number of nitrogens with one attached hydrogen (secondary N) is 1. The van der Waals surface area contributed by atoms with Crippen LogP contribution in [-0.4, -0.2) is 33.8 Å². The first kappa shape index (κ1) is 20.9. The molecule has 31 heavy (non-hydrogen) atoms. The normalized spacial score (nSPS) is 11.4. The van der Waals surface area contributed by atoms with E-state index in [0.29, 0.717) is 19.0 Å². The van der Waals surface area contributed by atoms with Gasteiger partial charge in [0.05, 0.1) is 35.8 Å². The molecule has 0 saturated carbocycles. The smallest absolute Gasteiger partial charge is 0.243 e. The molecule has 0 atom stereocenters. The van der Waals surface area contributed by atoms with Gasteiger partial charge in [0.25, 0.3) is 0 Å². The zero-order chi connectivity index (χ0) is 21.8. The number of aryl methyl sites for hydroxylation is 2. The summed E-state index contributed by atoms with van der Waals surface area (Å²) in [4.78, 5) is 9.35. The second-order valence-corrected chi connectivity index (χ2v) is 8.24. The monoisotopic (exact) mass is 432 g/mol. The Morgan fingerprint density at radius 1 is 1.13 bits per heavy atom. The van der Waals surface area contributed by atoms with Crippen molar-refractivity contribution in [1.29, 1.82) is 0 Å². The van der Waals surface area contributed by atoms with E-state index in [1.54, 1.807) is 24.6 Å². The molecular formula is C23H24N6OS. The van der Waals surface area contributed by atoms with Crippen LogP contribution in [0.1, 0.15) is 21.7 Å². The van der Waals surface area contributed by atoms with Gasteiger partial charge in [0.2, 0.25) is 5.95 Å². The molecule has 0 unspecified atom stereocenters. The first-order valence-electron chi connectivity index (χ1n) is 9.92. The van der Waals surface area contributed by atoms with E-state index in [0.717, 1.165) is 48.9 Å². The van der Waals surface area contributed by atoms with Crippen molar-refractivity contribution in [2.75, 3.05) is 19.0 Å². The van der Waals surface area contributed by atoms with Gasteiger partial charge >= 0.3 is 0 Å². The number of methoxy groups -OCH3 is 1. The molecule has 0 aliphatic rings. The number of aromatic nitrogens is 4. The summed E-state index contributed by atoms with van der Waals surface area (Å²) in [5, 5.41) is 12.5. The first-order valence-corrected chi connectivity index (χ1v) is 10.7. The lowest BCUT2D eigenvalue weighted by atomic mass is 9.97. The molecule has 0 fully saturated rings. The Kier molecular flexibility index (Phi) is 6.20. The largest absolute Gasteiger partial charge is 0.497 e. The average molecular weight is 433 g/mol. The van der Waals surface area contributed by atoms with Crippen LogP contribution in [0.25, 0.3) is 27.6 Å². The van der Waals surface area contributed by atoms with Crippen molar-refractivity contribution in [2.24, 2.45) is 5.73 Å². The summed E-state index contributed by atoms with van der Waals surface area (Å²) < 4.78 is 6.38. The Labute approximate surface area is 185 Å². The lowest BCUT2D eigenvalue weighted by Crippen LogP contribution is -2.05. The maximum atomic E-state index is 5.57. The molecule has 2 aromatic heterocycles. The highest BCUT2D eigenvalue weighted by molar-refractivity contribution is 7.18. The predicted molar refractivity (Wildman–Crippen MR) is 126 cm³/mol. The fourth-order valence-electron chi connectivity index (χ4n) is 3.51. The summed E-state index contributed by atoms with van der Waals surface area (Å²) in [7, 11) is 1.65. The average Bonchev–Trinajstić information content (AvgIpc) is 3.18. The Bertz CT molecular complexity index is 1230. The van der Waals surface area contributed by atoms with E-state index < -0.39 is 0 Å². The number of anilines is 1. The van der Waals surface area contributed by atoms with Crippen molar-refractivity contribution in [3.05, 3.63) is 64.3 Å². The minimum atomic E-state index is 0.472. The van der Waals surface area contributed by atoms with Gasteiger partial charge < -0.3 is 15.8 Å².